The number of carboxylic acid groups (broad SMARTS) is 1. The van der Waals surface area contributed by atoms with Gasteiger partial charge in [-0.25, -0.2) is 0 Å². The Kier molecular flexibility index (Phi) is 2.63. The molecular weight excluding hydrogens is 156 g/mol. The van der Waals surface area contributed by atoms with E-state index in [1.165, 1.54) is 0 Å². The normalized spacial score (nSPS) is 29.8. The Balaban J connectivity index is 2.59. The highest BCUT2D eigenvalue weighted by molar-refractivity contribution is 5.98. The Morgan fingerprint density at radius 2 is 2.25 bits per heavy atom. The van der Waals surface area contributed by atoms with Gasteiger partial charge in [0, 0.05) is 6.42 Å². The molecular formula is C9H12O3. The lowest BCUT2D eigenvalue weighted by Gasteiger charge is -2.22. The van der Waals surface area contributed by atoms with Gasteiger partial charge in [0.25, 0.3) is 0 Å². The van der Waals surface area contributed by atoms with E-state index >= 15 is 0 Å². The first-order chi connectivity index (χ1) is 5.65. The molecule has 1 unspecified atom stereocenters. The second-order valence-corrected chi connectivity index (χ2v) is 3.13. The molecule has 3 heteroatoms. The van der Waals surface area contributed by atoms with Crippen LogP contribution < -0.4 is 0 Å². The van der Waals surface area contributed by atoms with Crippen molar-refractivity contribution in [3.8, 4) is 0 Å². The molecule has 1 fully saturated rings. The summed E-state index contributed by atoms with van der Waals surface area (Å²) in [5, 5.41) is 8.62. The quantitative estimate of drug-likeness (QED) is 0.498. The molecule has 12 heavy (non-hydrogen) atoms. The van der Waals surface area contributed by atoms with Crippen molar-refractivity contribution < 1.29 is 14.7 Å². The first kappa shape index (κ1) is 8.97. The van der Waals surface area contributed by atoms with Crippen LogP contribution in [0.25, 0.3) is 0 Å². The molecule has 2 atom stereocenters. The number of ketones is 1. The maximum atomic E-state index is 11.2. The zero-order valence-corrected chi connectivity index (χ0v) is 6.82. The Bertz CT molecular complexity index is 220. The van der Waals surface area contributed by atoms with Crippen molar-refractivity contribution in [2.75, 3.05) is 0 Å². The summed E-state index contributed by atoms with van der Waals surface area (Å²) in [6.45, 7) is 3.59. The van der Waals surface area contributed by atoms with E-state index in [4.69, 9.17) is 5.11 Å². The lowest BCUT2D eigenvalue weighted by Crippen LogP contribution is -2.30. The van der Waals surface area contributed by atoms with Crippen molar-refractivity contribution in [3.63, 3.8) is 0 Å². The average Bonchev–Trinajstić information content (AvgIpc) is 2.03. The molecule has 1 rings (SSSR count). The van der Waals surface area contributed by atoms with Crippen LogP contribution in [0.1, 0.15) is 19.3 Å². The first-order valence-electron chi connectivity index (χ1n) is 4.03. The fraction of sp³-hybridized carbons (Fsp3) is 0.556. The molecule has 1 aliphatic rings. The van der Waals surface area contributed by atoms with Gasteiger partial charge in [-0.3, -0.25) is 9.59 Å². The molecule has 0 bridgehead atoms. The van der Waals surface area contributed by atoms with E-state index in [9.17, 15) is 9.59 Å². The maximum absolute atomic E-state index is 11.2. The maximum Gasteiger partial charge on any atom is 0.314 e. The molecule has 0 heterocycles. The van der Waals surface area contributed by atoms with Crippen molar-refractivity contribution in [2.24, 2.45) is 11.8 Å². The third-order valence-electron chi connectivity index (χ3n) is 2.31. The summed E-state index contributed by atoms with van der Waals surface area (Å²) in [5.41, 5.74) is 0. The molecule has 0 radical (unpaired) electrons. The SMILES string of the molecule is C=C[C@@H]1CCC(C(=O)O)C(=O)C1. The van der Waals surface area contributed by atoms with E-state index in [2.05, 4.69) is 6.58 Å². The van der Waals surface area contributed by atoms with Crippen LogP contribution >= 0.6 is 0 Å². The van der Waals surface area contributed by atoms with Crippen molar-refractivity contribution in [1.29, 1.82) is 0 Å². The van der Waals surface area contributed by atoms with Gasteiger partial charge in [0.1, 0.15) is 11.7 Å². The van der Waals surface area contributed by atoms with Crippen LogP contribution in [-0.2, 0) is 9.59 Å². The summed E-state index contributed by atoms with van der Waals surface area (Å²) in [5.74, 6) is -1.71. The topological polar surface area (TPSA) is 54.4 Å². The summed E-state index contributed by atoms with van der Waals surface area (Å²) in [7, 11) is 0. The molecule has 1 saturated carbocycles. The van der Waals surface area contributed by atoms with Gasteiger partial charge in [-0.05, 0) is 18.8 Å². The summed E-state index contributed by atoms with van der Waals surface area (Å²) in [4.78, 5) is 21.7. The summed E-state index contributed by atoms with van der Waals surface area (Å²) in [6, 6.07) is 0. The van der Waals surface area contributed by atoms with Crippen LogP contribution in [0.4, 0.5) is 0 Å². The van der Waals surface area contributed by atoms with Gasteiger partial charge in [0.15, 0.2) is 0 Å². The summed E-state index contributed by atoms with van der Waals surface area (Å²) < 4.78 is 0. The number of carbonyl (C=O) groups excluding carboxylic acids is 1. The number of carboxylic acids is 1. The van der Waals surface area contributed by atoms with E-state index in [0.717, 1.165) is 6.42 Å². The highest BCUT2D eigenvalue weighted by Gasteiger charge is 2.31. The first-order valence-corrected chi connectivity index (χ1v) is 4.03. The van der Waals surface area contributed by atoms with Crippen LogP contribution in [0.15, 0.2) is 12.7 Å². The smallest absolute Gasteiger partial charge is 0.314 e. The van der Waals surface area contributed by atoms with E-state index in [1.807, 2.05) is 0 Å². The van der Waals surface area contributed by atoms with Crippen LogP contribution in [-0.4, -0.2) is 16.9 Å². The van der Waals surface area contributed by atoms with E-state index < -0.39 is 11.9 Å². The van der Waals surface area contributed by atoms with Crippen LogP contribution in [0.2, 0.25) is 0 Å². The minimum absolute atomic E-state index is 0.154. The standard InChI is InChI=1S/C9H12O3/c1-2-6-3-4-7(9(11)12)8(10)5-6/h2,6-7H,1,3-5H2,(H,11,12)/t6-,7?/m1/s1. The lowest BCUT2D eigenvalue weighted by atomic mass is 9.81. The Morgan fingerprint density at radius 3 is 2.67 bits per heavy atom. The van der Waals surface area contributed by atoms with Gasteiger partial charge in [-0.2, -0.15) is 0 Å². The minimum Gasteiger partial charge on any atom is -0.481 e. The third-order valence-corrected chi connectivity index (χ3v) is 2.31. The molecule has 0 spiro atoms. The Hall–Kier alpha value is -1.12. The molecule has 0 aliphatic heterocycles. The van der Waals surface area contributed by atoms with Crippen molar-refractivity contribution in [3.05, 3.63) is 12.7 Å². The van der Waals surface area contributed by atoms with Crippen molar-refractivity contribution >= 4 is 11.8 Å². The molecule has 1 aliphatic carbocycles. The number of rotatable bonds is 2. The molecule has 0 aromatic rings. The van der Waals surface area contributed by atoms with Crippen LogP contribution in [0.5, 0.6) is 0 Å². The molecule has 0 aromatic carbocycles. The molecule has 0 saturated heterocycles. The van der Waals surface area contributed by atoms with E-state index in [0.29, 0.717) is 12.8 Å². The number of allylic oxidation sites excluding steroid dienone is 1. The number of hydrogen-bond donors (Lipinski definition) is 1. The lowest BCUT2D eigenvalue weighted by molar-refractivity contribution is -0.147. The van der Waals surface area contributed by atoms with E-state index in [-0.39, 0.29) is 11.7 Å². The highest BCUT2D eigenvalue weighted by atomic mass is 16.4. The monoisotopic (exact) mass is 168 g/mol. The second-order valence-electron chi connectivity index (χ2n) is 3.13. The summed E-state index contributed by atoms with van der Waals surface area (Å²) >= 11 is 0. The van der Waals surface area contributed by atoms with Crippen molar-refractivity contribution in [2.45, 2.75) is 19.3 Å². The Morgan fingerprint density at radius 1 is 1.58 bits per heavy atom. The highest BCUT2D eigenvalue weighted by Crippen LogP contribution is 2.26. The molecule has 0 amide bonds. The number of carbonyl (C=O) groups is 2. The zero-order chi connectivity index (χ0) is 9.14. The largest absolute Gasteiger partial charge is 0.481 e. The van der Waals surface area contributed by atoms with Gasteiger partial charge in [-0.1, -0.05) is 6.08 Å². The minimum atomic E-state index is -0.984. The van der Waals surface area contributed by atoms with Gasteiger partial charge < -0.3 is 5.11 Å². The van der Waals surface area contributed by atoms with Gasteiger partial charge >= 0.3 is 5.97 Å². The predicted molar refractivity (Wildman–Crippen MR) is 43.7 cm³/mol. The molecule has 0 aromatic heterocycles. The van der Waals surface area contributed by atoms with Gasteiger partial charge in [0.05, 0.1) is 0 Å². The fourth-order valence-electron chi connectivity index (χ4n) is 1.51. The number of hydrogen-bond acceptors (Lipinski definition) is 2. The second kappa shape index (κ2) is 3.52. The number of aliphatic carboxylic acids is 1. The average molecular weight is 168 g/mol. The zero-order valence-electron chi connectivity index (χ0n) is 6.82. The van der Waals surface area contributed by atoms with Gasteiger partial charge in [-0.15, -0.1) is 6.58 Å². The van der Waals surface area contributed by atoms with E-state index in [1.54, 1.807) is 6.08 Å². The molecule has 66 valence electrons. The third kappa shape index (κ3) is 1.72. The Labute approximate surface area is 71.1 Å². The predicted octanol–water partition coefficient (Wildman–Crippen LogP) is 1.24. The molecule has 1 N–H and O–H groups in total. The van der Waals surface area contributed by atoms with Crippen molar-refractivity contribution in [1.82, 2.24) is 0 Å². The summed E-state index contributed by atoms with van der Waals surface area (Å²) in [6.07, 6.45) is 3.31. The molecule has 3 nitrogen and oxygen atoms in total. The van der Waals surface area contributed by atoms with Crippen LogP contribution in [0, 0.1) is 11.8 Å². The van der Waals surface area contributed by atoms with Gasteiger partial charge in [0.2, 0.25) is 0 Å². The number of Topliss-reactive ketones (excluding diaryl/α,β-unsaturated/α-hetero) is 1. The fourth-order valence-corrected chi connectivity index (χ4v) is 1.51. The van der Waals surface area contributed by atoms with Crippen LogP contribution in [0.3, 0.4) is 0 Å².